The van der Waals surface area contributed by atoms with Gasteiger partial charge in [-0.1, -0.05) is 0 Å². The SMILES string of the molecule is CC(=O)NC1CCN(C[C@@]2(O)CCCN(C(=O)c3cnc[nH]3)CC2)CC1. The molecule has 2 fully saturated rings. The third-order valence-corrected chi connectivity index (χ3v) is 5.45. The first-order chi connectivity index (χ1) is 12.5. The lowest BCUT2D eigenvalue weighted by atomic mass is 9.93. The van der Waals surface area contributed by atoms with Crippen molar-refractivity contribution in [3.63, 3.8) is 0 Å². The maximum atomic E-state index is 12.5. The summed E-state index contributed by atoms with van der Waals surface area (Å²) in [6, 6.07) is 0.245. The van der Waals surface area contributed by atoms with Crippen molar-refractivity contribution in [2.24, 2.45) is 0 Å². The monoisotopic (exact) mass is 363 g/mol. The molecule has 2 amide bonds. The van der Waals surface area contributed by atoms with Gasteiger partial charge in [0.1, 0.15) is 5.69 Å². The smallest absolute Gasteiger partial charge is 0.271 e. The quantitative estimate of drug-likeness (QED) is 0.717. The topological polar surface area (TPSA) is 102 Å². The maximum Gasteiger partial charge on any atom is 0.271 e. The number of likely N-dealkylation sites (tertiary alicyclic amines) is 2. The van der Waals surface area contributed by atoms with Crippen molar-refractivity contribution in [3.8, 4) is 0 Å². The first kappa shape index (κ1) is 18.8. The van der Waals surface area contributed by atoms with Crippen LogP contribution in [0, 0.1) is 0 Å². The second kappa shape index (κ2) is 8.18. The number of nitrogens with one attached hydrogen (secondary N) is 2. The van der Waals surface area contributed by atoms with E-state index in [1.165, 1.54) is 6.33 Å². The summed E-state index contributed by atoms with van der Waals surface area (Å²) >= 11 is 0. The van der Waals surface area contributed by atoms with Crippen LogP contribution in [0.3, 0.4) is 0 Å². The molecule has 0 radical (unpaired) electrons. The number of piperidine rings is 1. The second-order valence-electron chi connectivity index (χ2n) is 7.59. The lowest BCUT2D eigenvalue weighted by molar-refractivity contribution is -0.120. The summed E-state index contributed by atoms with van der Waals surface area (Å²) in [6.07, 6.45) is 6.95. The molecule has 2 aliphatic heterocycles. The van der Waals surface area contributed by atoms with Crippen molar-refractivity contribution in [1.82, 2.24) is 25.1 Å². The summed E-state index contributed by atoms with van der Waals surface area (Å²) < 4.78 is 0. The zero-order valence-corrected chi connectivity index (χ0v) is 15.4. The molecule has 0 saturated carbocycles. The molecular weight excluding hydrogens is 334 g/mol. The van der Waals surface area contributed by atoms with Gasteiger partial charge in [0.15, 0.2) is 0 Å². The highest BCUT2D eigenvalue weighted by molar-refractivity contribution is 5.92. The van der Waals surface area contributed by atoms with Gasteiger partial charge in [-0.2, -0.15) is 0 Å². The summed E-state index contributed by atoms with van der Waals surface area (Å²) in [5.41, 5.74) is -0.264. The maximum absolute atomic E-state index is 12.5. The van der Waals surface area contributed by atoms with E-state index in [1.54, 1.807) is 18.0 Å². The van der Waals surface area contributed by atoms with Gasteiger partial charge in [-0.15, -0.1) is 0 Å². The molecule has 2 aliphatic rings. The summed E-state index contributed by atoms with van der Waals surface area (Å²) in [5.74, 6) is -0.0317. The molecule has 1 aromatic rings. The molecule has 0 spiro atoms. The van der Waals surface area contributed by atoms with Gasteiger partial charge in [0.2, 0.25) is 5.91 Å². The van der Waals surface area contributed by atoms with Crippen molar-refractivity contribution in [1.29, 1.82) is 0 Å². The zero-order chi connectivity index (χ0) is 18.6. The summed E-state index contributed by atoms with van der Waals surface area (Å²) in [7, 11) is 0. The van der Waals surface area contributed by atoms with E-state index >= 15 is 0 Å². The second-order valence-corrected chi connectivity index (χ2v) is 7.59. The number of aliphatic hydroxyl groups is 1. The van der Waals surface area contributed by atoms with E-state index in [4.69, 9.17) is 0 Å². The molecule has 1 atom stereocenters. The molecule has 2 saturated heterocycles. The number of β-amino-alcohol motifs (C(OH)–C–C–N with tert-alkyl or cyclic N) is 1. The van der Waals surface area contributed by atoms with Gasteiger partial charge in [0.05, 0.1) is 18.1 Å². The Morgan fingerprint density at radius 3 is 2.73 bits per heavy atom. The molecule has 3 N–H and O–H groups in total. The summed E-state index contributed by atoms with van der Waals surface area (Å²) in [4.78, 5) is 34.5. The Balaban J connectivity index is 1.50. The largest absolute Gasteiger partial charge is 0.388 e. The van der Waals surface area contributed by atoms with Gasteiger partial charge in [0.25, 0.3) is 5.91 Å². The molecule has 3 rings (SSSR count). The van der Waals surface area contributed by atoms with Gasteiger partial charge in [-0.25, -0.2) is 4.98 Å². The average molecular weight is 363 g/mol. The number of carbonyl (C=O) groups is 2. The van der Waals surface area contributed by atoms with Crippen molar-refractivity contribution in [2.45, 2.75) is 50.7 Å². The minimum Gasteiger partial charge on any atom is -0.388 e. The first-order valence-corrected chi connectivity index (χ1v) is 9.45. The van der Waals surface area contributed by atoms with E-state index in [-0.39, 0.29) is 17.9 Å². The number of hydrogen-bond acceptors (Lipinski definition) is 5. The summed E-state index contributed by atoms with van der Waals surface area (Å²) in [6.45, 7) is 5.15. The normalized spacial score (nSPS) is 25.7. The van der Waals surface area contributed by atoms with Crippen molar-refractivity contribution in [2.75, 3.05) is 32.7 Å². The minimum atomic E-state index is -0.760. The lowest BCUT2D eigenvalue weighted by Gasteiger charge is -2.38. The standard InChI is InChI=1S/C18H29N5O3/c1-14(24)21-15-3-8-22(9-4-15)12-18(26)5-2-7-23(10-6-18)17(25)16-11-19-13-20-16/h11,13,15,26H,2-10,12H2,1H3,(H,19,20)(H,21,24)/t18-/m1/s1. The molecule has 0 bridgehead atoms. The van der Waals surface area contributed by atoms with E-state index in [0.717, 1.165) is 32.4 Å². The molecule has 0 aliphatic carbocycles. The number of amides is 2. The number of imidazole rings is 1. The van der Waals surface area contributed by atoms with Crippen molar-refractivity contribution < 1.29 is 14.7 Å². The lowest BCUT2D eigenvalue weighted by Crippen LogP contribution is -2.50. The third kappa shape index (κ3) is 4.82. The van der Waals surface area contributed by atoms with Crippen LogP contribution in [0.1, 0.15) is 49.5 Å². The van der Waals surface area contributed by atoms with E-state index in [2.05, 4.69) is 20.2 Å². The Kier molecular flexibility index (Phi) is 5.93. The van der Waals surface area contributed by atoms with E-state index in [1.807, 2.05) is 0 Å². The number of nitrogens with zero attached hydrogens (tertiary/aromatic N) is 3. The number of rotatable bonds is 4. The number of carbonyl (C=O) groups excluding carboxylic acids is 2. The molecule has 3 heterocycles. The zero-order valence-electron chi connectivity index (χ0n) is 15.4. The fourth-order valence-electron chi connectivity index (χ4n) is 4.02. The Morgan fingerprint density at radius 1 is 1.31 bits per heavy atom. The highest BCUT2D eigenvalue weighted by atomic mass is 16.3. The molecule has 8 heteroatoms. The van der Waals surface area contributed by atoms with Crippen molar-refractivity contribution in [3.05, 3.63) is 18.2 Å². The molecule has 1 aromatic heterocycles. The Labute approximate surface area is 154 Å². The third-order valence-electron chi connectivity index (χ3n) is 5.45. The van der Waals surface area contributed by atoms with Crippen LogP contribution in [0.15, 0.2) is 12.5 Å². The molecule has 26 heavy (non-hydrogen) atoms. The Hall–Kier alpha value is -1.93. The van der Waals surface area contributed by atoms with Crippen LogP contribution in [0.2, 0.25) is 0 Å². The van der Waals surface area contributed by atoms with Crippen LogP contribution in [-0.4, -0.2) is 81.1 Å². The van der Waals surface area contributed by atoms with E-state index in [9.17, 15) is 14.7 Å². The summed E-state index contributed by atoms with van der Waals surface area (Å²) in [5, 5.41) is 14.1. The van der Waals surface area contributed by atoms with Crippen LogP contribution >= 0.6 is 0 Å². The van der Waals surface area contributed by atoms with Crippen molar-refractivity contribution >= 4 is 11.8 Å². The predicted octanol–water partition coefficient (Wildman–Crippen LogP) is 0.367. The number of aromatic amines is 1. The van der Waals surface area contributed by atoms with Gasteiger partial charge in [0, 0.05) is 45.7 Å². The highest BCUT2D eigenvalue weighted by Crippen LogP contribution is 2.25. The van der Waals surface area contributed by atoms with Crippen LogP contribution in [0.25, 0.3) is 0 Å². The molecular formula is C18H29N5O3. The Bertz CT molecular complexity index is 612. The van der Waals surface area contributed by atoms with Gasteiger partial charge >= 0.3 is 0 Å². The van der Waals surface area contributed by atoms with Crippen LogP contribution in [0.5, 0.6) is 0 Å². The molecule has 8 nitrogen and oxygen atoms in total. The van der Waals surface area contributed by atoms with Gasteiger partial charge in [-0.3, -0.25) is 9.59 Å². The minimum absolute atomic E-state index is 0.0212. The van der Waals surface area contributed by atoms with Crippen LogP contribution in [-0.2, 0) is 4.79 Å². The molecule has 0 unspecified atom stereocenters. The van der Waals surface area contributed by atoms with E-state index in [0.29, 0.717) is 38.2 Å². The number of hydrogen-bond donors (Lipinski definition) is 3. The fourth-order valence-corrected chi connectivity index (χ4v) is 4.02. The van der Waals surface area contributed by atoms with Gasteiger partial charge in [-0.05, 0) is 32.1 Å². The van der Waals surface area contributed by atoms with Gasteiger partial charge < -0.3 is 25.2 Å². The predicted molar refractivity (Wildman–Crippen MR) is 96.6 cm³/mol. The Morgan fingerprint density at radius 2 is 2.08 bits per heavy atom. The van der Waals surface area contributed by atoms with Crippen LogP contribution < -0.4 is 5.32 Å². The number of aromatic nitrogens is 2. The average Bonchev–Trinajstić information content (AvgIpc) is 3.06. The first-order valence-electron chi connectivity index (χ1n) is 9.45. The molecule has 0 aromatic carbocycles. The van der Waals surface area contributed by atoms with Crippen LogP contribution in [0.4, 0.5) is 0 Å². The number of H-pyrrole nitrogens is 1. The van der Waals surface area contributed by atoms with E-state index < -0.39 is 5.60 Å². The highest BCUT2D eigenvalue weighted by Gasteiger charge is 2.34. The fraction of sp³-hybridized carbons (Fsp3) is 0.722. The molecule has 144 valence electrons.